The molecule has 1 unspecified atom stereocenters. The number of rotatable bonds is 13. The van der Waals surface area contributed by atoms with Crippen molar-refractivity contribution in [3.05, 3.63) is 0 Å². The van der Waals surface area contributed by atoms with Gasteiger partial charge in [-0.3, -0.25) is 4.99 Å². The lowest BCUT2D eigenvalue weighted by atomic mass is 9.83. The highest BCUT2D eigenvalue weighted by molar-refractivity contribution is 14.0. The fraction of sp³-hybridized carbons (Fsp3) is 0.952. The van der Waals surface area contributed by atoms with Gasteiger partial charge in [-0.1, -0.05) is 12.8 Å². The van der Waals surface area contributed by atoms with Crippen molar-refractivity contribution < 1.29 is 14.2 Å². The third-order valence-corrected chi connectivity index (χ3v) is 5.65. The number of hydrogen-bond donors (Lipinski definition) is 2. The second kappa shape index (κ2) is 15.7. The first-order chi connectivity index (χ1) is 13.3. The highest BCUT2D eigenvalue weighted by Gasteiger charge is 2.33. The van der Waals surface area contributed by atoms with Crippen molar-refractivity contribution in [1.29, 1.82) is 0 Å². The van der Waals surface area contributed by atoms with Gasteiger partial charge in [-0.25, -0.2) is 0 Å². The Hall–Kier alpha value is -0.120. The van der Waals surface area contributed by atoms with Crippen molar-refractivity contribution in [2.75, 3.05) is 52.7 Å². The lowest BCUT2D eigenvalue weighted by Crippen LogP contribution is -2.39. The van der Waals surface area contributed by atoms with E-state index in [1.165, 1.54) is 32.1 Å². The summed E-state index contributed by atoms with van der Waals surface area (Å²) < 4.78 is 16.9. The fourth-order valence-electron chi connectivity index (χ4n) is 4.01. The third kappa shape index (κ3) is 10.1. The van der Waals surface area contributed by atoms with Crippen LogP contribution in [0.15, 0.2) is 4.99 Å². The molecule has 166 valence electrons. The molecule has 2 N–H and O–H groups in total. The number of ether oxygens (including phenoxy) is 3. The summed E-state index contributed by atoms with van der Waals surface area (Å²) in [6.07, 6.45) is 9.94. The minimum absolute atomic E-state index is 0. The van der Waals surface area contributed by atoms with Crippen LogP contribution in [0.2, 0.25) is 0 Å². The summed E-state index contributed by atoms with van der Waals surface area (Å²) in [5, 5.41) is 6.83. The Kier molecular flexibility index (Phi) is 14.5. The molecule has 0 aromatic rings. The molecule has 2 fully saturated rings. The van der Waals surface area contributed by atoms with Crippen molar-refractivity contribution in [1.82, 2.24) is 10.6 Å². The molecule has 0 radical (unpaired) electrons. The zero-order chi connectivity index (χ0) is 19.2. The van der Waals surface area contributed by atoms with Gasteiger partial charge >= 0.3 is 0 Å². The molecule has 1 heterocycles. The molecule has 0 bridgehead atoms. The van der Waals surface area contributed by atoms with E-state index in [1.54, 1.807) is 0 Å². The van der Waals surface area contributed by atoms with Gasteiger partial charge in [0.2, 0.25) is 0 Å². The van der Waals surface area contributed by atoms with E-state index in [0.717, 1.165) is 77.9 Å². The fourth-order valence-corrected chi connectivity index (χ4v) is 4.01. The minimum Gasteiger partial charge on any atom is -0.382 e. The number of halogens is 1. The van der Waals surface area contributed by atoms with Crippen LogP contribution in [0.3, 0.4) is 0 Å². The first kappa shape index (κ1) is 25.9. The summed E-state index contributed by atoms with van der Waals surface area (Å²) in [6.45, 7) is 10.9. The van der Waals surface area contributed by atoms with E-state index in [-0.39, 0.29) is 24.0 Å². The van der Waals surface area contributed by atoms with Crippen molar-refractivity contribution in [2.45, 2.75) is 71.3 Å². The Labute approximate surface area is 189 Å². The lowest BCUT2D eigenvalue weighted by Gasteiger charge is -2.27. The zero-order valence-corrected chi connectivity index (χ0v) is 20.3. The van der Waals surface area contributed by atoms with Gasteiger partial charge in [-0.2, -0.15) is 0 Å². The van der Waals surface area contributed by atoms with Crippen molar-refractivity contribution in [2.24, 2.45) is 10.4 Å². The standard InChI is InChI=1S/C21H41N3O3.HI/c1-3-22-20(23-13-8-14-26-17-19-9-7-15-27-19)24-18-21(10-5-6-11-21)12-16-25-4-2;/h19H,3-18H2,1-2H3,(H2,22,23,24);1H. The SMILES string of the molecule is CCNC(=NCC1(CCOCC)CCCC1)NCCCOCC1CCCO1.I. The molecule has 0 aromatic heterocycles. The largest absolute Gasteiger partial charge is 0.382 e. The molecule has 0 amide bonds. The van der Waals surface area contributed by atoms with E-state index < -0.39 is 0 Å². The van der Waals surface area contributed by atoms with Crippen LogP contribution in [0, 0.1) is 5.41 Å². The monoisotopic (exact) mass is 511 g/mol. The topological polar surface area (TPSA) is 64.1 Å². The van der Waals surface area contributed by atoms with E-state index in [4.69, 9.17) is 19.2 Å². The molecule has 7 heteroatoms. The van der Waals surface area contributed by atoms with Gasteiger partial charge < -0.3 is 24.8 Å². The molecule has 0 spiro atoms. The molecule has 1 saturated carbocycles. The maximum atomic E-state index is 5.73. The summed E-state index contributed by atoms with van der Waals surface area (Å²) in [6, 6.07) is 0. The Morgan fingerprint density at radius 3 is 2.61 bits per heavy atom. The zero-order valence-electron chi connectivity index (χ0n) is 18.0. The Balaban J connectivity index is 0.00000392. The average molecular weight is 511 g/mol. The number of guanidine groups is 1. The summed E-state index contributed by atoms with van der Waals surface area (Å²) in [5.41, 5.74) is 0.335. The molecule has 1 aliphatic heterocycles. The van der Waals surface area contributed by atoms with Crippen molar-refractivity contribution in [3.63, 3.8) is 0 Å². The van der Waals surface area contributed by atoms with Crippen LogP contribution in [0.1, 0.15) is 65.2 Å². The molecule has 28 heavy (non-hydrogen) atoms. The first-order valence-electron chi connectivity index (χ1n) is 11.1. The molecule has 1 saturated heterocycles. The van der Waals surface area contributed by atoms with E-state index in [1.807, 2.05) is 0 Å². The number of aliphatic imine (C=N–C) groups is 1. The van der Waals surface area contributed by atoms with Gasteiger partial charge in [0.05, 0.1) is 12.7 Å². The summed E-state index contributed by atoms with van der Waals surface area (Å²) in [4.78, 5) is 4.91. The molecule has 1 aliphatic carbocycles. The summed E-state index contributed by atoms with van der Waals surface area (Å²) >= 11 is 0. The van der Waals surface area contributed by atoms with Crippen LogP contribution in [-0.2, 0) is 14.2 Å². The van der Waals surface area contributed by atoms with E-state index >= 15 is 0 Å². The van der Waals surface area contributed by atoms with Gasteiger partial charge in [-0.05, 0) is 57.8 Å². The maximum absolute atomic E-state index is 5.73. The molecule has 2 aliphatic rings. The van der Waals surface area contributed by atoms with Gasteiger partial charge in [0.25, 0.3) is 0 Å². The molecule has 0 aromatic carbocycles. The summed E-state index contributed by atoms with van der Waals surface area (Å²) in [5.74, 6) is 0.930. The smallest absolute Gasteiger partial charge is 0.191 e. The minimum atomic E-state index is 0. The van der Waals surface area contributed by atoms with Crippen LogP contribution in [-0.4, -0.2) is 64.7 Å². The van der Waals surface area contributed by atoms with Gasteiger partial charge in [0.1, 0.15) is 0 Å². The molecule has 2 rings (SSSR count). The van der Waals surface area contributed by atoms with Crippen LogP contribution in [0.25, 0.3) is 0 Å². The number of nitrogens with one attached hydrogen (secondary N) is 2. The van der Waals surface area contributed by atoms with E-state index in [0.29, 0.717) is 11.5 Å². The molecule has 1 atom stereocenters. The number of hydrogen-bond acceptors (Lipinski definition) is 4. The van der Waals surface area contributed by atoms with Crippen molar-refractivity contribution >= 4 is 29.9 Å². The normalized spacial score (nSPS) is 21.5. The summed E-state index contributed by atoms with van der Waals surface area (Å²) in [7, 11) is 0. The second-order valence-electron chi connectivity index (χ2n) is 7.84. The van der Waals surface area contributed by atoms with Crippen LogP contribution < -0.4 is 10.6 Å². The van der Waals surface area contributed by atoms with Crippen LogP contribution >= 0.6 is 24.0 Å². The predicted octanol–water partition coefficient (Wildman–Crippen LogP) is 3.73. The van der Waals surface area contributed by atoms with Gasteiger partial charge in [-0.15, -0.1) is 24.0 Å². The predicted molar refractivity (Wildman–Crippen MR) is 126 cm³/mol. The third-order valence-electron chi connectivity index (χ3n) is 5.65. The van der Waals surface area contributed by atoms with Crippen LogP contribution in [0.4, 0.5) is 0 Å². The average Bonchev–Trinajstić information content (AvgIpc) is 3.35. The quantitative estimate of drug-likeness (QED) is 0.171. The Bertz CT molecular complexity index is 412. The van der Waals surface area contributed by atoms with Gasteiger partial charge in [0, 0.05) is 46.1 Å². The first-order valence-corrected chi connectivity index (χ1v) is 11.1. The van der Waals surface area contributed by atoms with Crippen molar-refractivity contribution in [3.8, 4) is 0 Å². The molecular formula is C21H42IN3O3. The second-order valence-corrected chi connectivity index (χ2v) is 7.84. The number of nitrogens with zero attached hydrogens (tertiary/aromatic N) is 1. The lowest BCUT2D eigenvalue weighted by molar-refractivity contribution is 0.0168. The highest BCUT2D eigenvalue weighted by Crippen LogP contribution is 2.41. The van der Waals surface area contributed by atoms with Gasteiger partial charge in [0.15, 0.2) is 5.96 Å². The Morgan fingerprint density at radius 1 is 1.11 bits per heavy atom. The van der Waals surface area contributed by atoms with E-state index in [9.17, 15) is 0 Å². The maximum Gasteiger partial charge on any atom is 0.191 e. The molecular weight excluding hydrogens is 469 g/mol. The molecule has 6 nitrogen and oxygen atoms in total. The van der Waals surface area contributed by atoms with Crippen LogP contribution in [0.5, 0.6) is 0 Å². The highest BCUT2D eigenvalue weighted by atomic mass is 127. The Morgan fingerprint density at radius 2 is 1.93 bits per heavy atom. The van der Waals surface area contributed by atoms with E-state index in [2.05, 4.69) is 24.5 Å².